The van der Waals surface area contributed by atoms with Crippen LogP contribution in [0.5, 0.6) is 11.5 Å². The zero-order chi connectivity index (χ0) is 16.7. The Bertz CT molecular complexity index is 511. The van der Waals surface area contributed by atoms with Gasteiger partial charge in [-0.1, -0.05) is 6.92 Å². The Labute approximate surface area is 138 Å². The third-order valence-corrected chi connectivity index (χ3v) is 4.51. The highest BCUT2D eigenvalue weighted by molar-refractivity contribution is 5.94. The number of carbonyl (C=O) groups excluding carboxylic acids is 1. The van der Waals surface area contributed by atoms with Gasteiger partial charge in [-0.2, -0.15) is 0 Å². The van der Waals surface area contributed by atoms with E-state index < -0.39 is 0 Å². The van der Waals surface area contributed by atoms with Gasteiger partial charge in [0, 0.05) is 24.7 Å². The van der Waals surface area contributed by atoms with Crippen molar-refractivity contribution in [2.75, 3.05) is 27.3 Å². The molecule has 1 aliphatic rings. The third-order valence-electron chi connectivity index (χ3n) is 4.51. The lowest BCUT2D eigenvalue weighted by Gasteiger charge is -2.27. The van der Waals surface area contributed by atoms with Crippen molar-refractivity contribution in [2.45, 2.75) is 38.6 Å². The van der Waals surface area contributed by atoms with E-state index in [-0.39, 0.29) is 5.91 Å². The van der Waals surface area contributed by atoms with Gasteiger partial charge >= 0.3 is 0 Å². The molecular formula is C18H28N2O3. The number of carbonyl (C=O) groups is 1. The van der Waals surface area contributed by atoms with Gasteiger partial charge in [0.05, 0.1) is 14.2 Å². The molecule has 0 spiro atoms. The molecule has 1 aliphatic carbocycles. The summed E-state index contributed by atoms with van der Waals surface area (Å²) in [5.41, 5.74) is 0.578. The van der Waals surface area contributed by atoms with Crippen LogP contribution < -0.4 is 20.1 Å². The first-order valence-corrected chi connectivity index (χ1v) is 8.37. The molecule has 5 nitrogen and oxygen atoms in total. The zero-order valence-electron chi connectivity index (χ0n) is 14.4. The number of amides is 1. The molecule has 1 fully saturated rings. The van der Waals surface area contributed by atoms with Crippen LogP contribution in [-0.4, -0.2) is 39.3 Å². The molecule has 0 saturated heterocycles. The summed E-state index contributed by atoms with van der Waals surface area (Å²) in [7, 11) is 3.14. The molecule has 1 amide bonds. The van der Waals surface area contributed by atoms with Crippen LogP contribution >= 0.6 is 0 Å². The minimum absolute atomic E-state index is 0.0926. The van der Waals surface area contributed by atoms with Gasteiger partial charge < -0.3 is 20.1 Å². The quantitative estimate of drug-likeness (QED) is 0.758. The number of ether oxygens (including phenoxy) is 2. The highest BCUT2D eigenvalue weighted by atomic mass is 16.5. The highest BCUT2D eigenvalue weighted by Crippen LogP contribution is 2.27. The van der Waals surface area contributed by atoms with Crippen molar-refractivity contribution in [2.24, 2.45) is 5.92 Å². The summed E-state index contributed by atoms with van der Waals surface area (Å²) in [4.78, 5) is 12.2. The minimum atomic E-state index is -0.0926. The molecule has 23 heavy (non-hydrogen) atoms. The topological polar surface area (TPSA) is 59.6 Å². The molecule has 0 heterocycles. The summed E-state index contributed by atoms with van der Waals surface area (Å²) in [5.74, 6) is 1.95. The van der Waals surface area contributed by atoms with Gasteiger partial charge in [0.1, 0.15) is 0 Å². The van der Waals surface area contributed by atoms with E-state index in [0.717, 1.165) is 12.5 Å². The van der Waals surface area contributed by atoms with Crippen molar-refractivity contribution in [3.8, 4) is 11.5 Å². The van der Waals surface area contributed by atoms with Gasteiger partial charge in [0.15, 0.2) is 11.5 Å². The Balaban J connectivity index is 1.74. The number of methoxy groups -OCH3 is 2. The Morgan fingerprint density at radius 3 is 2.43 bits per heavy atom. The molecule has 2 rings (SSSR count). The second kappa shape index (κ2) is 8.77. The molecule has 0 aromatic heterocycles. The Morgan fingerprint density at radius 2 is 1.78 bits per heavy atom. The van der Waals surface area contributed by atoms with Gasteiger partial charge in [-0.3, -0.25) is 4.79 Å². The fourth-order valence-electron chi connectivity index (χ4n) is 3.00. The fourth-order valence-corrected chi connectivity index (χ4v) is 3.00. The van der Waals surface area contributed by atoms with Crippen LogP contribution in [0, 0.1) is 5.92 Å². The first kappa shape index (κ1) is 17.6. The average Bonchev–Trinajstić information content (AvgIpc) is 2.59. The maximum atomic E-state index is 12.2. The first-order valence-electron chi connectivity index (χ1n) is 8.37. The average molecular weight is 320 g/mol. The normalized spacial score (nSPS) is 20.8. The summed E-state index contributed by atoms with van der Waals surface area (Å²) in [6, 6.07) is 5.79. The Kier molecular flexibility index (Phi) is 6.71. The van der Waals surface area contributed by atoms with E-state index in [1.54, 1.807) is 32.4 Å². The fraction of sp³-hybridized carbons (Fsp3) is 0.611. The summed E-state index contributed by atoms with van der Waals surface area (Å²) < 4.78 is 10.4. The van der Waals surface area contributed by atoms with Gasteiger partial charge in [0.2, 0.25) is 0 Å². The number of hydrogen-bond acceptors (Lipinski definition) is 4. The van der Waals surface area contributed by atoms with E-state index in [9.17, 15) is 4.79 Å². The Hall–Kier alpha value is -1.75. The summed E-state index contributed by atoms with van der Waals surface area (Å²) >= 11 is 0. The molecule has 0 unspecified atom stereocenters. The van der Waals surface area contributed by atoms with Crippen LogP contribution in [-0.2, 0) is 0 Å². The molecule has 0 atom stereocenters. The maximum Gasteiger partial charge on any atom is 0.251 e. The predicted octanol–water partition coefficient (Wildman–Crippen LogP) is 2.60. The van der Waals surface area contributed by atoms with E-state index >= 15 is 0 Å². The SMILES string of the molecule is COc1ccc(C(=O)NCCNC2CCC(C)CC2)cc1OC. The van der Waals surface area contributed by atoms with Crippen molar-refractivity contribution in [3.63, 3.8) is 0 Å². The van der Waals surface area contributed by atoms with Crippen LogP contribution in [0.4, 0.5) is 0 Å². The van der Waals surface area contributed by atoms with Crippen molar-refractivity contribution in [3.05, 3.63) is 23.8 Å². The minimum Gasteiger partial charge on any atom is -0.493 e. The van der Waals surface area contributed by atoms with Crippen molar-refractivity contribution >= 4 is 5.91 Å². The molecule has 5 heteroatoms. The molecule has 0 bridgehead atoms. The Morgan fingerprint density at radius 1 is 1.09 bits per heavy atom. The van der Waals surface area contributed by atoms with E-state index in [1.807, 2.05) is 0 Å². The molecule has 128 valence electrons. The number of benzene rings is 1. The lowest BCUT2D eigenvalue weighted by atomic mass is 9.87. The summed E-state index contributed by atoms with van der Waals surface area (Å²) in [6.45, 7) is 3.75. The van der Waals surface area contributed by atoms with Crippen LogP contribution in [0.1, 0.15) is 43.0 Å². The maximum absolute atomic E-state index is 12.2. The predicted molar refractivity (Wildman–Crippen MR) is 91.3 cm³/mol. The smallest absolute Gasteiger partial charge is 0.251 e. The number of rotatable bonds is 7. The van der Waals surface area contributed by atoms with Crippen LogP contribution in [0.3, 0.4) is 0 Å². The van der Waals surface area contributed by atoms with Crippen LogP contribution in [0.15, 0.2) is 18.2 Å². The van der Waals surface area contributed by atoms with E-state index in [4.69, 9.17) is 9.47 Å². The lowest BCUT2D eigenvalue weighted by molar-refractivity contribution is 0.0953. The molecule has 1 saturated carbocycles. The molecule has 2 N–H and O–H groups in total. The molecule has 1 aromatic carbocycles. The molecule has 0 radical (unpaired) electrons. The second-order valence-corrected chi connectivity index (χ2v) is 6.24. The molecule has 0 aliphatic heterocycles. The van der Waals surface area contributed by atoms with Crippen molar-refractivity contribution < 1.29 is 14.3 Å². The molecular weight excluding hydrogens is 292 g/mol. The summed E-state index contributed by atoms with van der Waals surface area (Å²) in [6.07, 6.45) is 5.08. The van der Waals surface area contributed by atoms with E-state index in [0.29, 0.717) is 29.6 Å². The molecule has 1 aromatic rings. The second-order valence-electron chi connectivity index (χ2n) is 6.24. The first-order chi connectivity index (χ1) is 11.1. The monoisotopic (exact) mass is 320 g/mol. The number of hydrogen-bond donors (Lipinski definition) is 2. The van der Waals surface area contributed by atoms with E-state index in [1.165, 1.54) is 25.7 Å². The van der Waals surface area contributed by atoms with Crippen molar-refractivity contribution in [1.82, 2.24) is 10.6 Å². The summed E-state index contributed by atoms with van der Waals surface area (Å²) in [5, 5.41) is 6.47. The van der Waals surface area contributed by atoms with Crippen LogP contribution in [0.25, 0.3) is 0 Å². The lowest BCUT2D eigenvalue weighted by Crippen LogP contribution is -2.38. The van der Waals surface area contributed by atoms with Gasteiger partial charge in [-0.15, -0.1) is 0 Å². The largest absolute Gasteiger partial charge is 0.493 e. The van der Waals surface area contributed by atoms with Crippen molar-refractivity contribution in [1.29, 1.82) is 0 Å². The zero-order valence-corrected chi connectivity index (χ0v) is 14.4. The third kappa shape index (κ3) is 5.13. The highest BCUT2D eigenvalue weighted by Gasteiger charge is 2.17. The van der Waals surface area contributed by atoms with Gasteiger partial charge in [0.25, 0.3) is 5.91 Å². The van der Waals surface area contributed by atoms with Crippen LogP contribution in [0.2, 0.25) is 0 Å². The van der Waals surface area contributed by atoms with E-state index in [2.05, 4.69) is 17.6 Å². The number of nitrogens with one attached hydrogen (secondary N) is 2. The standard InChI is InChI=1S/C18H28N2O3/c1-13-4-7-15(8-5-13)19-10-11-20-18(21)14-6-9-16(22-2)17(12-14)23-3/h6,9,12-13,15,19H,4-5,7-8,10-11H2,1-3H3,(H,20,21). The van der Waals surface area contributed by atoms with Gasteiger partial charge in [-0.05, 0) is 49.8 Å². The van der Waals surface area contributed by atoms with Gasteiger partial charge in [-0.25, -0.2) is 0 Å².